The maximum atomic E-state index is 12.4. The normalized spacial score (nSPS) is 52.7. The number of rotatable bonds is 2. The summed E-state index contributed by atoms with van der Waals surface area (Å²) in [6, 6.07) is 0. The number of carboxylic acid groups (broad SMARTS) is 2. The summed E-state index contributed by atoms with van der Waals surface area (Å²) in [6.45, 7) is 8.26. The van der Waals surface area contributed by atoms with Gasteiger partial charge in [-0.05, 0) is 74.0 Å². The van der Waals surface area contributed by atoms with E-state index in [1.165, 1.54) is 5.57 Å². The Morgan fingerprint density at radius 3 is 2.46 bits per heavy atom. The van der Waals surface area contributed by atoms with E-state index in [-0.39, 0.29) is 16.7 Å². The van der Waals surface area contributed by atoms with E-state index in [0.717, 1.165) is 38.5 Å². The van der Waals surface area contributed by atoms with E-state index in [4.69, 9.17) is 0 Å². The van der Waals surface area contributed by atoms with Gasteiger partial charge in [0.05, 0.1) is 11.3 Å². The lowest BCUT2D eigenvalue weighted by molar-refractivity contribution is -0.166. The highest BCUT2D eigenvalue weighted by atomic mass is 16.4. The molecule has 0 radical (unpaired) electrons. The summed E-state index contributed by atoms with van der Waals surface area (Å²) in [6.07, 6.45) is 6.23. The SMILES string of the molecule is C=C1C[C@]23CC[C@H]1C[C@H]2[C@]1(C)CCC[C@@](C)(C(=O)O)[C@H]1[C@@H]3C(=O)O. The number of carboxylic acids is 2. The third kappa shape index (κ3) is 1.65. The molecular weight excluding hydrogens is 304 g/mol. The number of fused-ring (bicyclic) bond motifs is 3. The number of hydrogen-bond acceptors (Lipinski definition) is 2. The molecule has 5 aliphatic carbocycles. The Bertz CT molecular complexity index is 640. The quantitative estimate of drug-likeness (QED) is 0.751. The number of carbonyl (C=O) groups is 2. The van der Waals surface area contributed by atoms with Crippen LogP contribution < -0.4 is 0 Å². The zero-order valence-electron chi connectivity index (χ0n) is 14.7. The third-order valence-electron chi connectivity index (χ3n) is 8.62. The van der Waals surface area contributed by atoms with Gasteiger partial charge in [-0.2, -0.15) is 0 Å². The average Bonchev–Trinajstić information content (AvgIpc) is 2.74. The minimum Gasteiger partial charge on any atom is -0.481 e. The summed E-state index contributed by atoms with van der Waals surface area (Å²) in [5.41, 5.74) is -0.156. The van der Waals surface area contributed by atoms with Crippen LogP contribution in [0.3, 0.4) is 0 Å². The minimum atomic E-state index is -0.929. The smallest absolute Gasteiger partial charge is 0.309 e. The molecule has 5 rings (SSSR count). The van der Waals surface area contributed by atoms with Gasteiger partial charge in [-0.3, -0.25) is 9.59 Å². The van der Waals surface area contributed by atoms with Gasteiger partial charge >= 0.3 is 11.9 Å². The lowest BCUT2D eigenvalue weighted by Crippen LogP contribution is -2.50. The van der Waals surface area contributed by atoms with Crippen molar-refractivity contribution in [3.8, 4) is 0 Å². The summed E-state index contributed by atoms with van der Waals surface area (Å²) in [7, 11) is 0. The van der Waals surface area contributed by atoms with Crippen LogP contribution in [0.5, 0.6) is 0 Å². The van der Waals surface area contributed by atoms with Crippen molar-refractivity contribution >= 4 is 11.9 Å². The van der Waals surface area contributed by atoms with E-state index in [1.54, 1.807) is 0 Å². The van der Waals surface area contributed by atoms with Crippen molar-refractivity contribution in [2.24, 2.45) is 39.9 Å². The summed E-state index contributed by atoms with van der Waals surface area (Å²) < 4.78 is 0. The van der Waals surface area contributed by atoms with Gasteiger partial charge in [-0.25, -0.2) is 0 Å². The number of allylic oxidation sites excluding steroid dienone is 1. The molecule has 1 spiro atoms. The van der Waals surface area contributed by atoms with Crippen LogP contribution in [-0.4, -0.2) is 22.2 Å². The van der Waals surface area contributed by atoms with Crippen LogP contribution in [0.25, 0.3) is 0 Å². The van der Waals surface area contributed by atoms with Gasteiger partial charge in [0.25, 0.3) is 0 Å². The van der Waals surface area contributed by atoms with Gasteiger partial charge in [-0.1, -0.05) is 25.5 Å². The van der Waals surface area contributed by atoms with E-state index in [1.807, 2.05) is 6.92 Å². The van der Waals surface area contributed by atoms with E-state index >= 15 is 0 Å². The van der Waals surface area contributed by atoms with Crippen LogP contribution in [-0.2, 0) is 9.59 Å². The molecule has 7 atom stereocenters. The Hall–Kier alpha value is -1.32. The van der Waals surface area contributed by atoms with Crippen molar-refractivity contribution in [3.05, 3.63) is 12.2 Å². The lowest BCUT2D eigenvalue weighted by atomic mass is 9.49. The first-order valence-electron chi connectivity index (χ1n) is 9.31. The van der Waals surface area contributed by atoms with Crippen molar-refractivity contribution in [2.75, 3.05) is 0 Å². The van der Waals surface area contributed by atoms with Gasteiger partial charge in [0, 0.05) is 0 Å². The summed E-state index contributed by atoms with van der Waals surface area (Å²) >= 11 is 0. The van der Waals surface area contributed by atoms with Gasteiger partial charge in [0.2, 0.25) is 0 Å². The zero-order valence-corrected chi connectivity index (χ0v) is 14.7. The molecule has 0 aliphatic heterocycles. The molecule has 5 aliphatic rings. The van der Waals surface area contributed by atoms with Crippen molar-refractivity contribution < 1.29 is 19.8 Å². The molecular formula is C20H28O4. The summed E-state index contributed by atoms with van der Waals surface area (Å²) in [5.74, 6) is -1.57. The van der Waals surface area contributed by atoms with Crippen LogP contribution >= 0.6 is 0 Å². The fourth-order valence-corrected chi connectivity index (χ4v) is 7.79. The predicted octanol–water partition coefficient (Wildman–Crippen LogP) is 3.96. The Balaban J connectivity index is 1.93. The second-order valence-corrected chi connectivity index (χ2v) is 9.47. The molecule has 0 unspecified atom stereocenters. The number of aliphatic carboxylic acids is 2. The van der Waals surface area contributed by atoms with Crippen LogP contribution in [0, 0.1) is 39.9 Å². The van der Waals surface area contributed by atoms with E-state index in [9.17, 15) is 19.8 Å². The first-order valence-corrected chi connectivity index (χ1v) is 9.31. The average molecular weight is 332 g/mol. The van der Waals surface area contributed by atoms with Gasteiger partial charge in [0.15, 0.2) is 0 Å². The maximum absolute atomic E-state index is 12.4. The largest absolute Gasteiger partial charge is 0.481 e. The fourth-order valence-electron chi connectivity index (χ4n) is 7.79. The maximum Gasteiger partial charge on any atom is 0.309 e. The third-order valence-corrected chi connectivity index (χ3v) is 8.62. The second kappa shape index (κ2) is 4.64. The van der Waals surface area contributed by atoms with Crippen molar-refractivity contribution in [1.29, 1.82) is 0 Å². The van der Waals surface area contributed by atoms with E-state index in [0.29, 0.717) is 18.3 Å². The zero-order chi connectivity index (χ0) is 17.5. The highest BCUT2D eigenvalue weighted by molar-refractivity contribution is 5.79. The first-order chi connectivity index (χ1) is 11.2. The first kappa shape index (κ1) is 16.2. The highest BCUT2D eigenvalue weighted by Gasteiger charge is 2.74. The summed E-state index contributed by atoms with van der Waals surface area (Å²) in [5, 5.41) is 20.2. The second-order valence-electron chi connectivity index (χ2n) is 9.47. The Morgan fingerprint density at radius 2 is 1.88 bits per heavy atom. The van der Waals surface area contributed by atoms with Gasteiger partial charge in [-0.15, -0.1) is 0 Å². The Morgan fingerprint density at radius 1 is 1.17 bits per heavy atom. The molecule has 4 nitrogen and oxygen atoms in total. The van der Waals surface area contributed by atoms with E-state index < -0.39 is 23.3 Å². The molecule has 2 N–H and O–H groups in total. The van der Waals surface area contributed by atoms with Crippen LogP contribution in [0.15, 0.2) is 12.2 Å². The topological polar surface area (TPSA) is 74.6 Å². The highest BCUT2D eigenvalue weighted by Crippen LogP contribution is 2.77. The van der Waals surface area contributed by atoms with Gasteiger partial charge < -0.3 is 10.2 Å². The standard InChI is InChI=1S/C20H28O4/c1-11-10-20-8-5-12(11)9-13(20)18(2)6-4-7-19(3,17(23)24)15(18)14(20)16(21)22/h12-15H,1,4-10H2,2-3H3,(H,21,22)(H,23,24)/t12-,13-,14+,15-,18-,19+,20+/m0/s1. The predicted molar refractivity (Wildman–Crippen MR) is 89.3 cm³/mol. The molecule has 5 saturated carbocycles. The fraction of sp³-hybridized carbons (Fsp3) is 0.800. The molecule has 0 aromatic rings. The molecule has 0 heterocycles. The molecule has 24 heavy (non-hydrogen) atoms. The van der Waals surface area contributed by atoms with Crippen molar-refractivity contribution in [1.82, 2.24) is 0 Å². The molecule has 132 valence electrons. The van der Waals surface area contributed by atoms with Crippen molar-refractivity contribution in [3.63, 3.8) is 0 Å². The van der Waals surface area contributed by atoms with Crippen LogP contribution in [0.2, 0.25) is 0 Å². The van der Waals surface area contributed by atoms with Crippen LogP contribution in [0.1, 0.15) is 58.8 Å². The minimum absolute atomic E-state index is 0.173. The molecule has 0 saturated heterocycles. The monoisotopic (exact) mass is 332 g/mol. The van der Waals surface area contributed by atoms with E-state index in [2.05, 4.69) is 13.5 Å². The molecule has 5 fully saturated rings. The molecule has 4 heteroatoms. The molecule has 0 aromatic heterocycles. The van der Waals surface area contributed by atoms with Gasteiger partial charge in [0.1, 0.15) is 0 Å². The van der Waals surface area contributed by atoms with Crippen molar-refractivity contribution in [2.45, 2.75) is 58.8 Å². The molecule has 2 bridgehead atoms. The lowest BCUT2D eigenvalue weighted by Gasteiger charge is -2.55. The Labute approximate surface area is 143 Å². The van der Waals surface area contributed by atoms with Crippen LogP contribution in [0.4, 0.5) is 0 Å². The molecule has 0 amide bonds. The summed E-state index contributed by atoms with van der Waals surface area (Å²) in [4.78, 5) is 24.6. The number of hydrogen-bond donors (Lipinski definition) is 2. The molecule has 0 aromatic carbocycles. The Kier molecular flexibility index (Phi) is 3.13.